The number of carboxylic acids is 1. The normalized spacial score (nSPS) is 27.9. The predicted octanol–water partition coefficient (Wildman–Crippen LogP) is 2.42. The molecule has 1 fully saturated rings. The molecule has 1 aliphatic rings. The van der Waals surface area contributed by atoms with Crippen LogP contribution in [0.3, 0.4) is 0 Å². The fraction of sp³-hybridized carbons (Fsp3) is 0.462. The van der Waals surface area contributed by atoms with Crippen LogP contribution >= 0.6 is 0 Å². The molecule has 3 heteroatoms. The van der Waals surface area contributed by atoms with Crippen LogP contribution in [-0.4, -0.2) is 22.8 Å². The van der Waals surface area contributed by atoms with Crippen molar-refractivity contribution in [3.63, 3.8) is 0 Å². The molecule has 1 aliphatic heterocycles. The van der Waals surface area contributed by atoms with Gasteiger partial charge in [0.05, 0.1) is 5.60 Å². The van der Waals surface area contributed by atoms with Crippen molar-refractivity contribution >= 4 is 5.97 Å². The van der Waals surface area contributed by atoms with Crippen LogP contribution in [0, 0.1) is 0 Å². The standard InChI is InChI=1S/C13H16O3/c1-13(2)8-10(11(16-13)12(14)15)9-6-4-3-5-7-9/h3-7,10-11H,8H2,1-2H3,(H,14,15)/t10-,11+/m0/s1. The minimum atomic E-state index is -0.876. The first-order valence-electron chi connectivity index (χ1n) is 5.45. The van der Waals surface area contributed by atoms with Crippen LogP contribution in [0.4, 0.5) is 0 Å². The number of ether oxygens (including phenoxy) is 1. The van der Waals surface area contributed by atoms with Crippen LogP contribution in [-0.2, 0) is 9.53 Å². The highest BCUT2D eigenvalue weighted by Gasteiger charge is 2.44. The number of hydrogen-bond donors (Lipinski definition) is 1. The van der Waals surface area contributed by atoms with Crippen molar-refractivity contribution in [3.05, 3.63) is 35.9 Å². The maximum atomic E-state index is 11.1. The molecule has 0 radical (unpaired) electrons. The van der Waals surface area contributed by atoms with E-state index in [0.29, 0.717) is 0 Å². The van der Waals surface area contributed by atoms with Crippen LogP contribution in [0.2, 0.25) is 0 Å². The van der Waals surface area contributed by atoms with Crippen LogP contribution in [0.15, 0.2) is 30.3 Å². The largest absolute Gasteiger partial charge is 0.479 e. The van der Waals surface area contributed by atoms with Crippen LogP contribution in [0.1, 0.15) is 31.7 Å². The van der Waals surface area contributed by atoms with E-state index in [1.54, 1.807) is 0 Å². The highest BCUT2D eigenvalue weighted by Crippen LogP contribution is 2.40. The zero-order chi connectivity index (χ0) is 11.8. The molecular formula is C13H16O3. The molecule has 2 atom stereocenters. The van der Waals surface area contributed by atoms with Gasteiger partial charge in [0.2, 0.25) is 0 Å². The van der Waals surface area contributed by atoms with Crippen molar-refractivity contribution in [1.82, 2.24) is 0 Å². The van der Waals surface area contributed by atoms with E-state index >= 15 is 0 Å². The molecule has 0 saturated carbocycles. The van der Waals surface area contributed by atoms with E-state index in [4.69, 9.17) is 9.84 Å². The van der Waals surface area contributed by atoms with E-state index in [9.17, 15) is 4.79 Å². The molecular weight excluding hydrogens is 204 g/mol. The smallest absolute Gasteiger partial charge is 0.333 e. The van der Waals surface area contributed by atoms with E-state index in [2.05, 4.69) is 0 Å². The third-order valence-corrected chi connectivity index (χ3v) is 2.99. The molecule has 1 saturated heterocycles. The summed E-state index contributed by atoms with van der Waals surface area (Å²) in [5.41, 5.74) is 0.685. The molecule has 1 aromatic carbocycles. The first-order chi connectivity index (χ1) is 7.49. The zero-order valence-electron chi connectivity index (χ0n) is 9.51. The zero-order valence-corrected chi connectivity index (χ0v) is 9.51. The molecule has 1 heterocycles. The van der Waals surface area contributed by atoms with Crippen LogP contribution < -0.4 is 0 Å². The monoisotopic (exact) mass is 220 g/mol. The Morgan fingerprint density at radius 2 is 2.00 bits per heavy atom. The summed E-state index contributed by atoms with van der Waals surface area (Å²) in [7, 11) is 0. The molecule has 3 nitrogen and oxygen atoms in total. The van der Waals surface area contributed by atoms with Crippen LogP contribution in [0.25, 0.3) is 0 Å². The molecule has 1 N–H and O–H groups in total. The highest BCUT2D eigenvalue weighted by molar-refractivity contribution is 5.74. The number of carboxylic acid groups (broad SMARTS) is 1. The number of aliphatic carboxylic acids is 1. The van der Waals surface area contributed by atoms with Crippen molar-refractivity contribution in [2.75, 3.05) is 0 Å². The van der Waals surface area contributed by atoms with E-state index in [1.807, 2.05) is 44.2 Å². The number of hydrogen-bond acceptors (Lipinski definition) is 2. The van der Waals surface area contributed by atoms with E-state index < -0.39 is 12.1 Å². The Bertz CT molecular complexity index is 383. The Hall–Kier alpha value is -1.35. The Morgan fingerprint density at radius 3 is 2.56 bits per heavy atom. The molecule has 2 rings (SSSR count). The number of rotatable bonds is 2. The summed E-state index contributed by atoms with van der Waals surface area (Å²) < 4.78 is 5.58. The van der Waals surface area contributed by atoms with E-state index in [0.717, 1.165) is 12.0 Å². The van der Waals surface area contributed by atoms with E-state index in [-0.39, 0.29) is 11.5 Å². The minimum Gasteiger partial charge on any atom is -0.479 e. The second-order valence-electron chi connectivity index (χ2n) is 4.86. The van der Waals surface area contributed by atoms with Gasteiger partial charge in [-0.2, -0.15) is 0 Å². The van der Waals surface area contributed by atoms with Gasteiger partial charge in [0, 0.05) is 5.92 Å². The molecule has 16 heavy (non-hydrogen) atoms. The van der Waals surface area contributed by atoms with Gasteiger partial charge in [-0.15, -0.1) is 0 Å². The average molecular weight is 220 g/mol. The van der Waals surface area contributed by atoms with Gasteiger partial charge >= 0.3 is 5.97 Å². The molecule has 0 aromatic heterocycles. The fourth-order valence-corrected chi connectivity index (χ4v) is 2.33. The second-order valence-corrected chi connectivity index (χ2v) is 4.86. The van der Waals surface area contributed by atoms with Gasteiger partial charge < -0.3 is 9.84 Å². The summed E-state index contributed by atoms with van der Waals surface area (Å²) in [6.07, 6.45) is 0.0194. The summed E-state index contributed by atoms with van der Waals surface area (Å²) in [5.74, 6) is -0.923. The SMILES string of the molecule is CC1(C)C[C@@H](c2ccccc2)[C@H](C(=O)O)O1. The maximum Gasteiger partial charge on any atom is 0.333 e. The predicted molar refractivity (Wildman–Crippen MR) is 60.4 cm³/mol. The van der Waals surface area contributed by atoms with Gasteiger partial charge in [0.1, 0.15) is 0 Å². The van der Waals surface area contributed by atoms with Crippen molar-refractivity contribution in [1.29, 1.82) is 0 Å². The topological polar surface area (TPSA) is 46.5 Å². The summed E-state index contributed by atoms with van der Waals surface area (Å²) in [6, 6.07) is 9.72. The summed E-state index contributed by atoms with van der Waals surface area (Å²) in [5, 5.41) is 9.15. The lowest BCUT2D eigenvalue weighted by Crippen LogP contribution is -2.27. The third kappa shape index (κ3) is 2.09. The quantitative estimate of drug-likeness (QED) is 0.832. The van der Waals surface area contributed by atoms with Gasteiger partial charge in [-0.1, -0.05) is 30.3 Å². The Balaban J connectivity index is 2.29. The summed E-state index contributed by atoms with van der Waals surface area (Å²) in [6.45, 7) is 3.87. The van der Waals surface area contributed by atoms with Gasteiger partial charge in [0.25, 0.3) is 0 Å². The third-order valence-electron chi connectivity index (χ3n) is 2.99. The Labute approximate surface area is 95.0 Å². The summed E-state index contributed by atoms with van der Waals surface area (Å²) in [4.78, 5) is 11.1. The highest BCUT2D eigenvalue weighted by atomic mass is 16.5. The Kier molecular flexibility index (Phi) is 2.72. The lowest BCUT2D eigenvalue weighted by atomic mass is 9.88. The van der Waals surface area contributed by atoms with Gasteiger partial charge in [0.15, 0.2) is 6.10 Å². The fourth-order valence-electron chi connectivity index (χ4n) is 2.33. The van der Waals surface area contributed by atoms with Gasteiger partial charge in [-0.25, -0.2) is 4.79 Å². The first-order valence-corrected chi connectivity index (χ1v) is 5.45. The second kappa shape index (κ2) is 3.91. The molecule has 0 bridgehead atoms. The lowest BCUT2D eigenvalue weighted by Gasteiger charge is -2.16. The minimum absolute atomic E-state index is 0.0475. The molecule has 0 aliphatic carbocycles. The first kappa shape index (κ1) is 11.1. The molecule has 0 unspecified atom stereocenters. The molecule has 0 amide bonds. The van der Waals surface area contributed by atoms with Gasteiger partial charge in [-0.05, 0) is 25.8 Å². The lowest BCUT2D eigenvalue weighted by molar-refractivity contribution is -0.153. The average Bonchev–Trinajstić information content (AvgIpc) is 2.56. The van der Waals surface area contributed by atoms with Crippen molar-refractivity contribution in [2.24, 2.45) is 0 Å². The van der Waals surface area contributed by atoms with Gasteiger partial charge in [-0.3, -0.25) is 0 Å². The maximum absolute atomic E-state index is 11.1. The Morgan fingerprint density at radius 1 is 1.38 bits per heavy atom. The van der Waals surface area contributed by atoms with Crippen molar-refractivity contribution in [3.8, 4) is 0 Å². The molecule has 86 valence electrons. The van der Waals surface area contributed by atoms with E-state index in [1.165, 1.54) is 0 Å². The number of carbonyl (C=O) groups is 1. The van der Waals surface area contributed by atoms with Crippen LogP contribution in [0.5, 0.6) is 0 Å². The van der Waals surface area contributed by atoms with Crippen molar-refractivity contribution < 1.29 is 14.6 Å². The van der Waals surface area contributed by atoms with Crippen molar-refractivity contribution in [2.45, 2.75) is 37.9 Å². The summed E-state index contributed by atoms with van der Waals surface area (Å²) >= 11 is 0. The number of benzene rings is 1. The molecule has 0 spiro atoms. The molecule has 1 aromatic rings.